The summed E-state index contributed by atoms with van der Waals surface area (Å²) < 4.78 is 24.2. The van der Waals surface area contributed by atoms with Crippen LogP contribution in [0.5, 0.6) is 11.5 Å². The molecule has 0 saturated heterocycles. The van der Waals surface area contributed by atoms with Gasteiger partial charge in [0.15, 0.2) is 0 Å². The maximum atomic E-state index is 13.2. The monoisotopic (exact) mass is 294 g/mol. The summed E-state index contributed by atoms with van der Waals surface area (Å²) >= 11 is 5.89. The molecule has 0 fully saturated rings. The Morgan fingerprint density at radius 2 is 1.90 bits per heavy atom. The van der Waals surface area contributed by atoms with Crippen molar-refractivity contribution in [3.05, 3.63) is 58.9 Å². The first kappa shape index (κ1) is 14.7. The van der Waals surface area contributed by atoms with Gasteiger partial charge >= 0.3 is 0 Å². The van der Waals surface area contributed by atoms with E-state index in [1.165, 1.54) is 12.1 Å². The van der Waals surface area contributed by atoms with Crippen LogP contribution in [-0.2, 0) is 12.5 Å². The molecule has 2 nitrogen and oxygen atoms in total. The summed E-state index contributed by atoms with van der Waals surface area (Å²) in [5.74, 6) is 1.44. The fourth-order valence-electron chi connectivity index (χ4n) is 1.86. The van der Waals surface area contributed by atoms with E-state index in [1.54, 1.807) is 19.2 Å². The van der Waals surface area contributed by atoms with Crippen LogP contribution in [0.15, 0.2) is 36.4 Å². The smallest absolute Gasteiger partial charge is 0.127 e. The number of halogens is 2. The minimum atomic E-state index is -0.266. The molecule has 0 N–H and O–H groups in total. The van der Waals surface area contributed by atoms with Crippen molar-refractivity contribution in [2.45, 2.75) is 19.4 Å². The lowest BCUT2D eigenvalue weighted by atomic mass is 10.1. The van der Waals surface area contributed by atoms with Gasteiger partial charge in [0.2, 0.25) is 0 Å². The van der Waals surface area contributed by atoms with Crippen LogP contribution in [0.2, 0.25) is 0 Å². The molecule has 0 spiro atoms. The number of ether oxygens (including phenoxy) is 2. The summed E-state index contributed by atoms with van der Waals surface area (Å²) in [6, 6.07) is 10.1. The van der Waals surface area contributed by atoms with Gasteiger partial charge in [-0.1, -0.05) is 12.1 Å². The van der Waals surface area contributed by atoms with E-state index in [2.05, 4.69) is 0 Å². The van der Waals surface area contributed by atoms with Gasteiger partial charge in [-0.3, -0.25) is 0 Å². The van der Waals surface area contributed by atoms with Gasteiger partial charge in [0.25, 0.3) is 0 Å². The summed E-state index contributed by atoms with van der Waals surface area (Å²) in [5.41, 5.74) is 2.68. The summed E-state index contributed by atoms with van der Waals surface area (Å²) in [6.07, 6.45) is 0. The third kappa shape index (κ3) is 3.42. The molecular formula is C16H16ClFO2. The Balaban J connectivity index is 2.19. The molecule has 0 unspecified atom stereocenters. The van der Waals surface area contributed by atoms with Gasteiger partial charge < -0.3 is 9.47 Å². The van der Waals surface area contributed by atoms with Crippen molar-refractivity contribution in [1.29, 1.82) is 0 Å². The molecular weight excluding hydrogens is 279 g/mol. The first-order valence-corrected chi connectivity index (χ1v) is 6.78. The maximum absolute atomic E-state index is 13.2. The second kappa shape index (κ2) is 6.62. The molecule has 2 aromatic carbocycles. The molecule has 0 atom stereocenters. The molecule has 0 aromatic heterocycles. The van der Waals surface area contributed by atoms with Gasteiger partial charge in [-0.15, -0.1) is 11.6 Å². The van der Waals surface area contributed by atoms with E-state index >= 15 is 0 Å². The Hall–Kier alpha value is -1.74. The van der Waals surface area contributed by atoms with Crippen LogP contribution in [-0.4, -0.2) is 7.11 Å². The third-order valence-electron chi connectivity index (χ3n) is 3.11. The van der Waals surface area contributed by atoms with Crippen LogP contribution in [0, 0.1) is 12.7 Å². The Labute approximate surface area is 123 Å². The SMILES string of the molecule is COc1ccc(CCl)c(OCc2cc(F)ccc2C)c1. The second-order valence-electron chi connectivity index (χ2n) is 4.47. The minimum absolute atomic E-state index is 0.266. The number of hydrogen-bond acceptors (Lipinski definition) is 2. The average molecular weight is 295 g/mol. The molecule has 0 radical (unpaired) electrons. The van der Waals surface area contributed by atoms with E-state index in [-0.39, 0.29) is 5.82 Å². The fraction of sp³-hybridized carbons (Fsp3) is 0.250. The van der Waals surface area contributed by atoms with E-state index in [1.807, 2.05) is 19.1 Å². The van der Waals surface area contributed by atoms with Crippen molar-refractivity contribution < 1.29 is 13.9 Å². The van der Waals surface area contributed by atoms with E-state index in [4.69, 9.17) is 21.1 Å². The molecule has 4 heteroatoms. The average Bonchev–Trinajstić information content (AvgIpc) is 2.47. The lowest BCUT2D eigenvalue weighted by Crippen LogP contribution is -2.01. The van der Waals surface area contributed by atoms with E-state index < -0.39 is 0 Å². The summed E-state index contributed by atoms with van der Waals surface area (Å²) in [6.45, 7) is 2.22. The topological polar surface area (TPSA) is 18.5 Å². The zero-order valence-electron chi connectivity index (χ0n) is 11.5. The second-order valence-corrected chi connectivity index (χ2v) is 4.73. The zero-order valence-corrected chi connectivity index (χ0v) is 12.2. The highest BCUT2D eigenvalue weighted by Gasteiger charge is 2.07. The van der Waals surface area contributed by atoms with Crippen LogP contribution < -0.4 is 9.47 Å². The van der Waals surface area contributed by atoms with E-state index in [9.17, 15) is 4.39 Å². The molecule has 0 heterocycles. The Bertz CT molecular complexity index is 599. The van der Waals surface area contributed by atoms with Gasteiger partial charge in [0.1, 0.15) is 23.9 Å². The summed E-state index contributed by atoms with van der Waals surface area (Å²) in [4.78, 5) is 0. The molecule has 2 rings (SSSR count). The Morgan fingerprint density at radius 1 is 1.10 bits per heavy atom. The van der Waals surface area contributed by atoms with Crippen molar-refractivity contribution in [1.82, 2.24) is 0 Å². The summed E-state index contributed by atoms with van der Waals surface area (Å²) in [5, 5.41) is 0. The first-order chi connectivity index (χ1) is 9.63. The molecule has 0 aliphatic heterocycles. The first-order valence-electron chi connectivity index (χ1n) is 6.24. The van der Waals surface area contributed by atoms with Gasteiger partial charge in [0.05, 0.1) is 13.0 Å². The van der Waals surface area contributed by atoms with Gasteiger partial charge in [-0.2, -0.15) is 0 Å². The predicted octanol–water partition coefficient (Wildman–Crippen LogP) is 4.46. The highest BCUT2D eigenvalue weighted by molar-refractivity contribution is 6.17. The molecule has 0 saturated carbocycles. The lowest BCUT2D eigenvalue weighted by molar-refractivity contribution is 0.300. The maximum Gasteiger partial charge on any atom is 0.127 e. The van der Waals surface area contributed by atoms with Crippen molar-refractivity contribution >= 4 is 11.6 Å². The van der Waals surface area contributed by atoms with Crippen molar-refractivity contribution in [2.75, 3.05) is 7.11 Å². The number of alkyl halides is 1. The molecule has 2 aromatic rings. The van der Waals surface area contributed by atoms with Gasteiger partial charge in [-0.25, -0.2) is 4.39 Å². The Morgan fingerprint density at radius 3 is 2.60 bits per heavy atom. The quantitative estimate of drug-likeness (QED) is 0.758. The molecule has 106 valence electrons. The largest absolute Gasteiger partial charge is 0.497 e. The van der Waals surface area contributed by atoms with Crippen molar-refractivity contribution in [3.8, 4) is 11.5 Å². The molecule has 0 aliphatic rings. The van der Waals surface area contributed by atoms with Crippen LogP contribution in [0.1, 0.15) is 16.7 Å². The molecule has 0 bridgehead atoms. The standard InChI is InChI=1S/C16H16ClFO2/c1-11-3-5-14(18)7-13(11)10-20-16-8-15(19-2)6-4-12(16)9-17/h3-8H,9-10H2,1-2H3. The number of methoxy groups -OCH3 is 1. The predicted molar refractivity (Wildman–Crippen MR) is 78.0 cm³/mol. The number of benzene rings is 2. The molecule has 0 amide bonds. The highest BCUT2D eigenvalue weighted by Crippen LogP contribution is 2.27. The summed E-state index contributed by atoms with van der Waals surface area (Å²) in [7, 11) is 1.59. The Kier molecular flexibility index (Phi) is 4.85. The van der Waals surface area contributed by atoms with Gasteiger partial charge in [0, 0.05) is 11.6 Å². The molecule has 20 heavy (non-hydrogen) atoms. The number of aryl methyl sites for hydroxylation is 1. The zero-order chi connectivity index (χ0) is 14.5. The fourth-order valence-corrected chi connectivity index (χ4v) is 2.08. The van der Waals surface area contributed by atoms with Gasteiger partial charge in [-0.05, 0) is 36.2 Å². The van der Waals surface area contributed by atoms with Crippen LogP contribution in [0.4, 0.5) is 4.39 Å². The van der Waals surface area contributed by atoms with Crippen LogP contribution >= 0.6 is 11.6 Å². The van der Waals surface area contributed by atoms with Crippen LogP contribution in [0.3, 0.4) is 0 Å². The molecule has 0 aliphatic carbocycles. The number of hydrogen-bond donors (Lipinski definition) is 0. The van der Waals surface area contributed by atoms with E-state index in [0.29, 0.717) is 24.0 Å². The van der Waals surface area contributed by atoms with Crippen molar-refractivity contribution in [2.24, 2.45) is 0 Å². The normalized spacial score (nSPS) is 10.4. The number of rotatable bonds is 5. The van der Waals surface area contributed by atoms with Crippen LogP contribution in [0.25, 0.3) is 0 Å². The minimum Gasteiger partial charge on any atom is -0.497 e. The highest BCUT2D eigenvalue weighted by atomic mass is 35.5. The van der Waals surface area contributed by atoms with E-state index in [0.717, 1.165) is 16.7 Å². The third-order valence-corrected chi connectivity index (χ3v) is 3.40. The lowest BCUT2D eigenvalue weighted by Gasteiger charge is -2.13. The van der Waals surface area contributed by atoms with Crippen molar-refractivity contribution in [3.63, 3.8) is 0 Å².